The molecular weight excluding hydrogens is 553 g/mol. The molecule has 0 aliphatic carbocycles. The Balaban J connectivity index is 1.86. The Kier molecular flexibility index (Phi) is 10.6. The van der Waals surface area contributed by atoms with Crippen LogP contribution in [0.25, 0.3) is 0 Å². The first-order valence-electron chi connectivity index (χ1n) is 12.2. The molecule has 3 rings (SSSR count). The molecule has 9 nitrogen and oxygen atoms in total. The number of furan rings is 1. The van der Waals surface area contributed by atoms with Gasteiger partial charge in [0.25, 0.3) is 0 Å². The van der Waals surface area contributed by atoms with Crippen molar-refractivity contribution in [3.05, 3.63) is 77.7 Å². The number of carbonyl (C=O) groups excluding carboxylic acids is 1. The zero-order valence-corrected chi connectivity index (χ0v) is 23.1. The summed E-state index contributed by atoms with van der Waals surface area (Å²) in [4.78, 5) is 14.4. The van der Waals surface area contributed by atoms with Crippen LogP contribution in [0.5, 0.6) is 11.5 Å². The summed E-state index contributed by atoms with van der Waals surface area (Å²) in [6, 6.07) is 12.1. The normalized spacial score (nSPS) is 12.0. The fourth-order valence-corrected chi connectivity index (χ4v) is 5.31. The average Bonchev–Trinajstić information content (AvgIpc) is 3.45. The number of benzene rings is 2. The van der Waals surface area contributed by atoms with Crippen molar-refractivity contribution >= 4 is 15.9 Å². The largest absolute Gasteiger partial charge is 0.493 e. The fourth-order valence-electron chi connectivity index (χ4n) is 3.89. The molecule has 0 aliphatic rings. The van der Waals surface area contributed by atoms with Gasteiger partial charge in [0.2, 0.25) is 15.9 Å². The van der Waals surface area contributed by atoms with E-state index >= 15 is 0 Å². The molecule has 0 saturated carbocycles. The summed E-state index contributed by atoms with van der Waals surface area (Å²) < 4.78 is 88.4. The van der Waals surface area contributed by atoms with Crippen molar-refractivity contribution in [1.29, 1.82) is 0 Å². The molecule has 1 amide bonds. The van der Waals surface area contributed by atoms with Crippen LogP contribution in [0.2, 0.25) is 0 Å². The number of alkyl halides is 3. The summed E-state index contributed by atoms with van der Waals surface area (Å²) in [5, 5.41) is 0. The summed E-state index contributed by atoms with van der Waals surface area (Å²) >= 11 is 0. The quantitative estimate of drug-likeness (QED) is 0.280. The molecule has 0 unspecified atom stereocenters. The van der Waals surface area contributed by atoms with E-state index in [0.717, 1.165) is 28.1 Å². The Morgan fingerprint density at radius 3 is 2.33 bits per heavy atom. The van der Waals surface area contributed by atoms with Crippen molar-refractivity contribution < 1.29 is 45.0 Å². The lowest BCUT2D eigenvalue weighted by atomic mass is 10.1. The van der Waals surface area contributed by atoms with Gasteiger partial charge in [-0.2, -0.15) is 17.5 Å². The van der Waals surface area contributed by atoms with E-state index in [1.54, 1.807) is 24.3 Å². The Hall–Kier alpha value is -3.55. The first-order chi connectivity index (χ1) is 19.0. The lowest BCUT2D eigenvalue weighted by molar-refractivity contribution is -0.137. The van der Waals surface area contributed by atoms with Gasteiger partial charge in [-0.25, -0.2) is 8.42 Å². The molecule has 0 radical (unpaired) electrons. The second-order valence-corrected chi connectivity index (χ2v) is 10.6. The summed E-state index contributed by atoms with van der Waals surface area (Å²) in [5.74, 6) is 0.971. The van der Waals surface area contributed by atoms with Crippen molar-refractivity contribution in [2.24, 2.45) is 0 Å². The number of ether oxygens (including phenoxy) is 3. The molecule has 218 valence electrons. The molecule has 0 spiro atoms. The summed E-state index contributed by atoms with van der Waals surface area (Å²) in [7, 11) is -0.102. The number of hydrogen-bond acceptors (Lipinski definition) is 7. The van der Waals surface area contributed by atoms with Gasteiger partial charge in [-0.3, -0.25) is 4.79 Å². The van der Waals surface area contributed by atoms with E-state index in [0.29, 0.717) is 29.7 Å². The van der Waals surface area contributed by atoms with E-state index in [1.165, 1.54) is 32.5 Å². The average molecular weight is 585 g/mol. The highest BCUT2D eigenvalue weighted by atomic mass is 32.2. The lowest BCUT2D eigenvalue weighted by Gasteiger charge is -2.27. The molecule has 0 N–H and O–H groups in total. The van der Waals surface area contributed by atoms with Gasteiger partial charge < -0.3 is 23.5 Å². The van der Waals surface area contributed by atoms with Crippen LogP contribution in [0.4, 0.5) is 13.2 Å². The standard InChI is InChI=1S/C27H31F3N2O7S/c1-36-15-13-32(40(34,35)23-8-4-6-21(17-23)27(28,29)30)19-26(33)31(18-22-7-5-14-39-22)12-11-20-9-10-24(37-2)25(16-20)38-3/h4-10,14,16-17H,11-13,15,18-19H2,1-3H3. The van der Waals surface area contributed by atoms with Gasteiger partial charge in [0.05, 0.1) is 50.6 Å². The van der Waals surface area contributed by atoms with E-state index in [9.17, 15) is 26.4 Å². The topological polar surface area (TPSA) is 98.5 Å². The second-order valence-electron chi connectivity index (χ2n) is 8.69. The zero-order chi connectivity index (χ0) is 29.3. The van der Waals surface area contributed by atoms with Crippen LogP contribution >= 0.6 is 0 Å². The highest BCUT2D eigenvalue weighted by molar-refractivity contribution is 7.89. The number of rotatable bonds is 14. The number of carbonyl (C=O) groups is 1. The van der Waals surface area contributed by atoms with E-state index < -0.39 is 39.1 Å². The van der Waals surface area contributed by atoms with Crippen LogP contribution in [-0.4, -0.2) is 71.1 Å². The first-order valence-corrected chi connectivity index (χ1v) is 13.6. The van der Waals surface area contributed by atoms with E-state index in [-0.39, 0.29) is 26.2 Å². The molecule has 0 bridgehead atoms. The van der Waals surface area contributed by atoms with Crippen LogP contribution in [0.15, 0.2) is 70.2 Å². The van der Waals surface area contributed by atoms with Gasteiger partial charge in [0, 0.05) is 20.2 Å². The number of nitrogens with zero attached hydrogens (tertiary/aromatic N) is 2. The van der Waals surface area contributed by atoms with E-state index in [2.05, 4.69) is 0 Å². The van der Waals surface area contributed by atoms with Crippen molar-refractivity contribution in [2.45, 2.75) is 24.0 Å². The maximum absolute atomic E-state index is 13.5. The van der Waals surface area contributed by atoms with Crippen molar-refractivity contribution in [2.75, 3.05) is 47.6 Å². The summed E-state index contributed by atoms with van der Waals surface area (Å²) in [6.07, 6.45) is -2.89. The molecule has 2 aromatic carbocycles. The predicted molar refractivity (Wildman–Crippen MR) is 139 cm³/mol. The van der Waals surface area contributed by atoms with E-state index in [1.807, 2.05) is 6.07 Å². The van der Waals surface area contributed by atoms with Crippen molar-refractivity contribution in [3.8, 4) is 11.5 Å². The molecule has 0 aliphatic heterocycles. The number of sulfonamides is 1. The highest BCUT2D eigenvalue weighted by Crippen LogP contribution is 2.31. The molecule has 0 fully saturated rings. The third kappa shape index (κ3) is 7.99. The third-order valence-corrected chi connectivity index (χ3v) is 7.89. The second kappa shape index (κ2) is 13.7. The van der Waals surface area contributed by atoms with Gasteiger partial charge in [0.1, 0.15) is 5.76 Å². The Morgan fingerprint density at radius 1 is 0.950 bits per heavy atom. The Morgan fingerprint density at radius 2 is 1.70 bits per heavy atom. The Labute approximate surface area is 231 Å². The van der Waals surface area contributed by atoms with Crippen LogP contribution in [-0.2, 0) is 38.7 Å². The zero-order valence-electron chi connectivity index (χ0n) is 22.3. The molecule has 0 atom stereocenters. The van der Waals surface area contributed by atoms with Gasteiger partial charge in [-0.15, -0.1) is 0 Å². The smallest absolute Gasteiger partial charge is 0.416 e. The molecular formula is C27H31F3N2O7S. The molecule has 0 saturated heterocycles. The van der Waals surface area contributed by atoms with Crippen LogP contribution in [0.1, 0.15) is 16.9 Å². The number of amides is 1. The molecule has 1 aromatic heterocycles. The van der Waals surface area contributed by atoms with Gasteiger partial charge in [0.15, 0.2) is 11.5 Å². The number of methoxy groups -OCH3 is 3. The molecule has 13 heteroatoms. The van der Waals surface area contributed by atoms with E-state index in [4.69, 9.17) is 18.6 Å². The Bertz CT molecular complexity index is 1360. The van der Waals surface area contributed by atoms with Crippen molar-refractivity contribution in [3.63, 3.8) is 0 Å². The van der Waals surface area contributed by atoms with Crippen LogP contribution in [0, 0.1) is 0 Å². The predicted octanol–water partition coefficient (Wildman–Crippen LogP) is 4.22. The first kappa shape index (κ1) is 31.0. The van der Waals surface area contributed by atoms with Gasteiger partial charge in [-0.1, -0.05) is 12.1 Å². The van der Waals surface area contributed by atoms with Crippen molar-refractivity contribution in [1.82, 2.24) is 9.21 Å². The summed E-state index contributed by atoms with van der Waals surface area (Å²) in [5.41, 5.74) is -0.274. The molecule has 3 aromatic rings. The monoisotopic (exact) mass is 584 g/mol. The highest BCUT2D eigenvalue weighted by Gasteiger charge is 2.34. The minimum absolute atomic E-state index is 0.0564. The maximum atomic E-state index is 13.5. The number of hydrogen-bond donors (Lipinski definition) is 0. The lowest BCUT2D eigenvalue weighted by Crippen LogP contribution is -2.44. The van der Waals surface area contributed by atoms with Crippen LogP contribution in [0.3, 0.4) is 0 Å². The minimum Gasteiger partial charge on any atom is -0.493 e. The SMILES string of the molecule is COCCN(CC(=O)N(CCc1ccc(OC)c(OC)c1)Cc1ccco1)S(=O)(=O)c1cccc(C(F)(F)F)c1. The third-order valence-electron chi connectivity index (χ3n) is 6.05. The van der Waals surface area contributed by atoms with Crippen LogP contribution < -0.4 is 9.47 Å². The maximum Gasteiger partial charge on any atom is 0.416 e. The summed E-state index contributed by atoms with van der Waals surface area (Å²) in [6.45, 7) is -0.688. The molecule has 40 heavy (non-hydrogen) atoms. The van der Waals surface area contributed by atoms with Gasteiger partial charge in [-0.05, 0) is 54.4 Å². The molecule has 1 heterocycles. The minimum atomic E-state index is -4.73. The number of halogens is 3. The van der Waals surface area contributed by atoms with Gasteiger partial charge >= 0.3 is 6.18 Å². The fraction of sp³-hybridized carbons (Fsp3) is 0.370.